The second-order valence-electron chi connectivity index (χ2n) is 35.8. The molecular formula is C97H120F3N17O17S. The number of hydrogen-bond acceptors (Lipinski definition) is 19. The molecule has 4 aliphatic rings. The minimum atomic E-state index is -1.84. The van der Waals surface area contributed by atoms with E-state index < -0.39 is 227 Å². The molecule has 15 N–H and O–H groups in total. The first-order valence-corrected chi connectivity index (χ1v) is 46.6. The van der Waals surface area contributed by atoms with Gasteiger partial charge in [-0.1, -0.05) is 151 Å². The van der Waals surface area contributed by atoms with E-state index in [-0.39, 0.29) is 107 Å². The monoisotopic (exact) mass is 1880 g/mol. The maximum absolute atomic E-state index is 15.8. The van der Waals surface area contributed by atoms with E-state index in [1.165, 1.54) is 89.3 Å². The van der Waals surface area contributed by atoms with Crippen LogP contribution in [-0.4, -0.2) is 277 Å². The van der Waals surface area contributed by atoms with E-state index in [1.807, 2.05) is 6.92 Å². The molecule has 0 saturated carbocycles. The topological polar surface area (TPSA) is 480 Å². The van der Waals surface area contributed by atoms with Gasteiger partial charge in [0.2, 0.25) is 88.6 Å². The molecule has 1 aromatic heterocycles. The molecule has 0 bridgehead atoms. The van der Waals surface area contributed by atoms with E-state index in [0.29, 0.717) is 75.5 Å². The maximum Gasteiger partial charge on any atom is 0.246 e. The zero-order valence-electron chi connectivity index (χ0n) is 76.7. The van der Waals surface area contributed by atoms with Gasteiger partial charge in [0, 0.05) is 108 Å². The van der Waals surface area contributed by atoms with Crippen LogP contribution in [-0.2, 0) is 110 Å². The van der Waals surface area contributed by atoms with Gasteiger partial charge in [-0.2, -0.15) is 0 Å². The number of fused-ring (bicyclic) bond motifs is 4. The molecule has 11 rings (SSSR count). The van der Waals surface area contributed by atoms with Crippen LogP contribution in [0.25, 0.3) is 10.9 Å². The third-order valence-corrected chi connectivity index (χ3v) is 26.1. The summed E-state index contributed by atoms with van der Waals surface area (Å²) in [5.41, 5.74) is 14.8. The fourth-order valence-electron chi connectivity index (χ4n) is 17.5. The Morgan fingerprint density at radius 3 is 1.61 bits per heavy atom. The zero-order valence-corrected chi connectivity index (χ0v) is 77.5. The molecule has 135 heavy (non-hydrogen) atoms. The number of primary amides is 1. The molecule has 4 aliphatic heterocycles. The number of benzene rings is 6. The molecule has 0 unspecified atom stereocenters. The second kappa shape index (κ2) is 47.0. The number of nitrogens with two attached hydrogens (primary N) is 2. The first-order chi connectivity index (χ1) is 64.4. The quantitative estimate of drug-likeness (QED) is 0.0459. The van der Waals surface area contributed by atoms with Crippen LogP contribution < -0.4 is 54.0 Å². The average Bonchev–Trinajstić information content (AvgIpc) is 1.24. The number of H-pyrrole nitrogens is 1. The van der Waals surface area contributed by atoms with E-state index in [2.05, 4.69) is 47.5 Å². The highest BCUT2D eigenvalue weighted by atomic mass is 32.2. The fourth-order valence-corrected chi connectivity index (χ4v) is 18.4. The SMILES string of the molecule is CCCC[C@H]1C(=O)N2CCC[C@@H]2C(=O)N2C[C@H](N)C[C@H]2C(=O)N[C@@H](C(C)C)C(=O)N(C)[C@@H](Cc2ccccc2)C(=O)N[C@@H](Cc2ccc(O)cc2)C(=O)N2CC[C@@H]2C(=O)N[C@@H](Cc2c[nH]c3ccccc23)C(=O)N[C@@H](Cc2ccc(O)cc2)C(=O)N[C@@H](CC(C)C)C(=O)N[C@H](C(=O)NCC(N)=O)CSCC(=O)N[C@@H](Cc2cc(F)c(F)c(F)c2)C(=O)N(C)[C@@H](Cc2ccccc2)C(=O)N1C. The molecule has 0 spiro atoms. The Morgan fingerprint density at radius 2 is 1.02 bits per heavy atom. The highest BCUT2D eigenvalue weighted by Crippen LogP contribution is 2.31. The number of thioether (sulfide) groups is 1. The zero-order chi connectivity index (χ0) is 97.8. The van der Waals surface area contributed by atoms with Gasteiger partial charge in [-0.25, -0.2) is 13.2 Å². The van der Waals surface area contributed by atoms with Crippen molar-refractivity contribution >= 4 is 111 Å². The van der Waals surface area contributed by atoms with Crippen molar-refractivity contribution in [3.63, 3.8) is 0 Å². The molecule has 4 fully saturated rings. The highest BCUT2D eigenvalue weighted by molar-refractivity contribution is 8.00. The van der Waals surface area contributed by atoms with E-state index in [9.17, 15) is 29.0 Å². The molecule has 14 atom stereocenters. The molecule has 7 aromatic rings. The van der Waals surface area contributed by atoms with E-state index in [1.54, 1.807) is 119 Å². The number of carbonyl (C=O) groups excluding carboxylic acids is 15. The molecule has 0 aliphatic carbocycles. The third kappa shape index (κ3) is 26.6. The van der Waals surface area contributed by atoms with E-state index in [4.69, 9.17) is 11.5 Å². The number of phenols is 2. The third-order valence-electron chi connectivity index (χ3n) is 25.0. The van der Waals surface area contributed by atoms with Gasteiger partial charge in [0.05, 0.1) is 12.3 Å². The Morgan fingerprint density at radius 1 is 0.504 bits per heavy atom. The van der Waals surface area contributed by atoms with Crippen molar-refractivity contribution in [1.82, 2.24) is 76.9 Å². The summed E-state index contributed by atoms with van der Waals surface area (Å²) in [5, 5.41) is 43.2. The Balaban J connectivity index is 0.980. The van der Waals surface area contributed by atoms with Gasteiger partial charge in [-0.05, 0) is 126 Å². The maximum atomic E-state index is 15.8. The summed E-state index contributed by atoms with van der Waals surface area (Å²) < 4.78 is 45.2. The highest BCUT2D eigenvalue weighted by Gasteiger charge is 2.50. The summed E-state index contributed by atoms with van der Waals surface area (Å²) in [6.07, 6.45) is 0.752. The van der Waals surface area contributed by atoms with Gasteiger partial charge >= 0.3 is 0 Å². The average molecular weight is 1890 g/mol. The van der Waals surface area contributed by atoms with Crippen molar-refractivity contribution in [2.45, 2.75) is 209 Å². The number of nitrogens with one attached hydrogen (secondary N) is 9. The number of likely N-dealkylation sites (N-methyl/N-ethyl adjacent to an activating group) is 3. The first kappa shape index (κ1) is 102. The minimum absolute atomic E-state index is 0.0127. The number of aromatic amines is 1. The van der Waals surface area contributed by atoms with Crippen molar-refractivity contribution < 1.29 is 95.3 Å². The van der Waals surface area contributed by atoms with Crippen LogP contribution in [0.3, 0.4) is 0 Å². The molecule has 38 heteroatoms. The number of rotatable bonds is 21. The van der Waals surface area contributed by atoms with Gasteiger partial charge in [-0.15, -0.1) is 11.8 Å². The van der Waals surface area contributed by atoms with Gasteiger partial charge in [0.1, 0.15) is 90.0 Å². The fraction of sp³-hybridized carbons (Fsp3) is 0.454. The number of unbranched alkanes of at least 4 members (excludes halogenated alkanes) is 1. The lowest BCUT2D eigenvalue weighted by Crippen LogP contribution is -2.65. The van der Waals surface area contributed by atoms with Gasteiger partial charge in [-0.3, -0.25) is 71.9 Å². The smallest absolute Gasteiger partial charge is 0.246 e. The number of carbonyl (C=O) groups is 15. The van der Waals surface area contributed by atoms with Crippen molar-refractivity contribution in [2.24, 2.45) is 23.3 Å². The second-order valence-corrected chi connectivity index (χ2v) is 36.8. The molecule has 722 valence electrons. The lowest BCUT2D eigenvalue weighted by Gasteiger charge is -2.42. The van der Waals surface area contributed by atoms with Crippen LogP contribution in [0.1, 0.15) is 119 Å². The number of phenolic OH excluding ortho intramolecular Hbond substituents is 2. The number of halogens is 3. The van der Waals surface area contributed by atoms with E-state index in [0.717, 1.165) is 9.80 Å². The lowest BCUT2D eigenvalue weighted by atomic mass is 9.95. The molecule has 5 heterocycles. The van der Waals surface area contributed by atoms with Crippen LogP contribution in [0.2, 0.25) is 0 Å². The lowest BCUT2D eigenvalue weighted by molar-refractivity contribution is -0.154. The number of para-hydroxylation sites is 1. The van der Waals surface area contributed by atoms with Crippen LogP contribution in [0.5, 0.6) is 11.5 Å². The molecule has 34 nitrogen and oxygen atoms in total. The number of amides is 15. The predicted octanol–water partition coefficient (Wildman–Crippen LogP) is 3.39. The summed E-state index contributed by atoms with van der Waals surface area (Å²) in [4.78, 5) is 237. The van der Waals surface area contributed by atoms with Gasteiger partial charge < -0.3 is 98.6 Å². The Kier molecular flexibility index (Phi) is 35.6. The first-order valence-electron chi connectivity index (χ1n) is 45.4. The minimum Gasteiger partial charge on any atom is -0.508 e. The Labute approximate surface area is 784 Å². The van der Waals surface area contributed by atoms with Gasteiger partial charge in [0.25, 0.3) is 0 Å². The van der Waals surface area contributed by atoms with E-state index >= 15 is 66.3 Å². The molecule has 4 saturated heterocycles. The molecule has 15 amide bonds. The largest absolute Gasteiger partial charge is 0.508 e. The normalized spacial score (nSPS) is 24.4. The summed E-state index contributed by atoms with van der Waals surface area (Å²) >= 11 is 0.698. The van der Waals surface area contributed by atoms with Crippen molar-refractivity contribution in [2.75, 3.05) is 58.8 Å². The predicted molar refractivity (Wildman–Crippen MR) is 495 cm³/mol. The van der Waals surface area contributed by atoms with Crippen LogP contribution >= 0.6 is 11.8 Å². The van der Waals surface area contributed by atoms with Crippen LogP contribution in [0, 0.1) is 29.3 Å². The molecule has 0 radical (unpaired) electrons. The van der Waals surface area contributed by atoms with Crippen molar-refractivity contribution in [3.8, 4) is 11.5 Å². The number of nitrogens with zero attached hydrogens (tertiary/aromatic N) is 6. The standard InChI is InChI=1S/C97H120F3N17O17S/c1-9-10-26-76-95(132)115-37-19-27-77(115)96(133)117-51-62(101)48-79(117)91(128)111-84(55(4)5)97(134)113(7)78(45-56-20-13-11-14-21-56)90(127)109-73(43-59-30-34-64(119)35-31-59)93(130)116-38-36-75(116)89(126)108-71(47-61-49-103-68-25-18-17-24-65(61)68)88(125)107-70(42-58-28-32-63(118)33-29-58)87(124)106-69(39-54(2)3)86(123)110-74(85(122)104-50-81(102)120)52-135-53-82(121)105-72(44-60-40-66(98)83(100)67(99)41-60)92(129)114(8)80(94(131)112(76)6)46-57-22-15-12-16-23-57/h11-18,20-25,28-35,40-41,49,54-55,62,69-80,84,103,118-119H,9-10,19,26-27,36-39,42-48,50-53,101H2,1-8H3,(H2,102,120)(H,104,122)(H,105,121)(H,106,124)(H,107,125)(H,108,126)(H,109,127)(H,110,123)(H,111,128)/t62-,69+,70+,71+,72+,73+,74+,75-,76+,77-,78+,79+,80+,84+/m1/s1. The summed E-state index contributed by atoms with van der Waals surface area (Å²) in [7, 11) is 3.96. The number of hydrogen-bond donors (Lipinski definition) is 13. The number of aromatic nitrogens is 1. The van der Waals surface area contributed by atoms with Crippen LogP contribution in [0.4, 0.5) is 13.2 Å². The number of aromatic hydroxyl groups is 2. The van der Waals surface area contributed by atoms with Crippen LogP contribution in [0.15, 0.2) is 152 Å². The van der Waals surface area contributed by atoms with Crippen molar-refractivity contribution in [1.29, 1.82) is 0 Å². The van der Waals surface area contributed by atoms with Crippen molar-refractivity contribution in [3.05, 3.63) is 203 Å². The summed E-state index contributed by atoms with van der Waals surface area (Å²) in [6, 6.07) is 16.7. The Hall–Kier alpha value is -13.4. The van der Waals surface area contributed by atoms with Gasteiger partial charge in [0.15, 0.2) is 17.5 Å². The molecular weight excluding hydrogens is 1760 g/mol. The summed E-state index contributed by atoms with van der Waals surface area (Å²) in [6.45, 7) is 7.66. The Bertz CT molecular complexity index is 5430. The molecule has 6 aromatic carbocycles. The summed E-state index contributed by atoms with van der Waals surface area (Å²) in [5.74, 6) is -20.8.